The highest BCUT2D eigenvalue weighted by Gasteiger charge is 2.24. The first-order chi connectivity index (χ1) is 4.86. The lowest BCUT2D eigenvalue weighted by Gasteiger charge is -1.93. The first-order valence-corrected chi connectivity index (χ1v) is 3.28. The molecule has 1 aromatic carbocycles. The molecule has 0 spiro atoms. The molecule has 11 heavy (non-hydrogen) atoms. The lowest BCUT2D eigenvalue weighted by Crippen LogP contribution is -2.18. The molecule has 0 atom stereocenters. The maximum atomic E-state index is 5.28. The summed E-state index contributed by atoms with van der Waals surface area (Å²) in [6, 6.07) is 7.66. The van der Waals surface area contributed by atoms with Crippen molar-refractivity contribution in [3.63, 3.8) is 0 Å². The quantitative estimate of drug-likeness (QED) is 0.527. The van der Waals surface area contributed by atoms with Crippen LogP contribution in [0.1, 0.15) is 7.43 Å². The second-order valence-corrected chi connectivity index (χ2v) is 2.25. The molecule has 1 aliphatic heterocycles. The van der Waals surface area contributed by atoms with Gasteiger partial charge < -0.3 is 9.31 Å². The molecule has 0 aliphatic carbocycles. The topological polar surface area (TPSA) is 18.5 Å². The van der Waals surface area contributed by atoms with Gasteiger partial charge in [-0.25, -0.2) is 0 Å². The van der Waals surface area contributed by atoms with Crippen molar-refractivity contribution in [3.05, 3.63) is 24.3 Å². The first kappa shape index (κ1) is 7.99. The second-order valence-electron chi connectivity index (χ2n) is 2.25. The Morgan fingerprint density at radius 3 is 2.00 bits per heavy atom. The highest BCUT2D eigenvalue weighted by molar-refractivity contribution is 6.45. The van der Waals surface area contributed by atoms with Crippen LogP contribution in [0.4, 0.5) is 0 Å². The lowest BCUT2D eigenvalue weighted by molar-refractivity contribution is 0.510. The summed E-state index contributed by atoms with van der Waals surface area (Å²) in [5.74, 6) is 1.69. The molecule has 0 aromatic heterocycles. The second kappa shape index (κ2) is 2.87. The van der Waals surface area contributed by atoms with Crippen molar-refractivity contribution in [2.24, 2.45) is 0 Å². The number of hydrogen-bond donors (Lipinski definition) is 0. The number of benzene rings is 1. The van der Waals surface area contributed by atoms with Gasteiger partial charge in [0.2, 0.25) is 0 Å². The Morgan fingerprint density at radius 2 is 1.55 bits per heavy atom. The molecule has 2 nitrogen and oxygen atoms in total. The van der Waals surface area contributed by atoms with E-state index in [4.69, 9.17) is 9.31 Å². The third-order valence-electron chi connectivity index (χ3n) is 1.44. The Balaban J connectivity index is 0.000000605. The van der Waals surface area contributed by atoms with Crippen LogP contribution in [0.2, 0.25) is 6.82 Å². The van der Waals surface area contributed by atoms with Gasteiger partial charge in [-0.15, -0.1) is 0 Å². The molecule has 0 N–H and O–H groups in total. The van der Waals surface area contributed by atoms with Crippen LogP contribution in [0, 0.1) is 0 Å². The Kier molecular flexibility index (Phi) is 2.08. The summed E-state index contributed by atoms with van der Waals surface area (Å²) in [6.07, 6.45) is 0. The van der Waals surface area contributed by atoms with Gasteiger partial charge in [0.05, 0.1) is 0 Å². The number of fused-ring (bicyclic) bond motifs is 1. The van der Waals surface area contributed by atoms with Crippen molar-refractivity contribution >= 4 is 7.12 Å². The maximum Gasteiger partial charge on any atom is 0.591 e. The van der Waals surface area contributed by atoms with Gasteiger partial charge in [-0.3, -0.25) is 0 Å². The van der Waals surface area contributed by atoms with E-state index in [1.165, 1.54) is 0 Å². The smallest absolute Gasteiger partial charge is 0.523 e. The van der Waals surface area contributed by atoms with Gasteiger partial charge in [-0.2, -0.15) is 0 Å². The minimum Gasteiger partial charge on any atom is -0.523 e. The highest BCUT2D eigenvalue weighted by atomic mass is 16.6. The zero-order chi connectivity index (χ0) is 6.97. The summed E-state index contributed by atoms with van der Waals surface area (Å²) >= 11 is 0. The van der Waals surface area contributed by atoms with Crippen molar-refractivity contribution in [2.45, 2.75) is 14.2 Å². The van der Waals surface area contributed by atoms with E-state index in [1.807, 2.05) is 31.1 Å². The summed E-state index contributed by atoms with van der Waals surface area (Å²) in [4.78, 5) is 0. The molecule has 1 aliphatic rings. The van der Waals surface area contributed by atoms with E-state index in [1.54, 1.807) is 0 Å². The van der Waals surface area contributed by atoms with Crippen molar-refractivity contribution < 1.29 is 9.31 Å². The van der Waals surface area contributed by atoms with Crippen LogP contribution in [0.3, 0.4) is 0 Å². The van der Waals surface area contributed by atoms with E-state index in [9.17, 15) is 0 Å². The molecule has 3 heteroatoms. The standard InChI is InChI=1S/C7H7BO2.CH4/c1-8-9-6-4-2-3-5-7(6)10-8;/h2-5H,1H3;1H4. The molecular weight excluding hydrogens is 139 g/mol. The maximum absolute atomic E-state index is 5.28. The van der Waals surface area contributed by atoms with Crippen LogP contribution in [0.15, 0.2) is 24.3 Å². The average molecular weight is 150 g/mol. The van der Waals surface area contributed by atoms with Crippen molar-refractivity contribution in [1.82, 2.24) is 0 Å². The van der Waals surface area contributed by atoms with Gasteiger partial charge in [0.25, 0.3) is 0 Å². The fourth-order valence-electron chi connectivity index (χ4n) is 1.03. The monoisotopic (exact) mass is 150 g/mol. The molecule has 0 unspecified atom stereocenters. The van der Waals surface area contributed by atoms with Gasteiger partial charge in [-0.1, -0.05) is 19.6 Å². The average Bonchev–Trinajstić information content (AvgIpc) is 2.27. The molecule has 0 bridgehead atoms. The summed E-state index contributed by atoms with van der Waals surface area (Å²) in [7, 11) is -0.127. The van der Waals surface area contributed by atoms with E-state index >= 15 is 0 Å². The Bertz CT molecular complexity index is 225. The van der Waals surface area contributed by atoms with Crippen molar-refractivity contribution in [3.8, 4) is 11.5 Å². The molecule has 0 saturated heterocycles. The Labute approximate surface area is 67.3 Å². The number of para-hydroxylation sites is 2. The number of hydrogen-bond acceptors (Lipinski definition) is 2. The van der Waals surface area contributed by atoms with E-state index < -0.39 is 0 Å². The fourth-order valence-corrected chi connectivity index (χ4v) is 1.03. The highest BCUT2D eigenvalue weighted by Crippen LogP contribution is 2.32. The zero-order valence-electron chi connectivity index (χ0n) is 5.70. The summed E-state index contributed by atoms with van der Waals surface area (Å²) in [5.41, 5.74) is 0. The fraction of sp³-hybridized carbons (Fsp3) is 0.250. The van der Waals surface area contributed by atoms with Gasteiger partial charge in [0.15, 0.2) is 0 Å². The minimum atomic E-state index is -0.127. The zero-order valence-corrected chi connectivity index (χ0v) is 5.70. The summed E-state index contributed by atoms with van der Waals surface area (Å²) in [5, 5.41) is 0. The molecule has 1 aromatic rings. The first-order valence-electron chi connectivity index (χ1n) is 3.28. The largest absolute Gasteiger partial charge is 0.591 e. The lowest BCUT2D eigenvalue weighted by atomic mass is 9.97. The van der Waals surface area contributed by atoms with Crippen LogP contribution >= 0.6 is 0 Å². The summed E-state index contributed by atoms with van der Waals surface area (Å²) < 4.78 is 10.6. The molecular formula is C8H11BO2. The third kappa shape index (κ3) is 1.32. The number of rotatable bonds is 0. The molecule has 0 amide bonds. The van der Waals surface area contributed by atoms with Crippen LogP contribution in [-0.2, 0) is 0 Å². The Hall–Kier alpha value is -1.12. The van der Waals surface area contributed by atoms with Crippen LogP contribution in [0.5, 0.6) is 11.5 Å². The third-order valence-corrected chi connectivity index (χ3v) is 1.44. The van der Waals surface area contributed by atoms with E-state index in [0.29, 0.717) is 0 Å². The predicted molar refractivity (Wildman–Crippen MR) is 46.0 cm³/mol. The van der Waals surface area contributed by atoms with Crippen LogP contribution < -0.4 is 9.31 Å². The molecule has 0 saturated carbocycles. The van der Waals surface area contributed by atoms with Crippen LogP contribution in [0.25, 0.3) is 0 Å². The molecule has 2 rings (SSSR count). The van der Waals surface area contributed by atoms with Crippen LogP contribution in [-0.4, -0.2) is 7.12 Å². The van der Waals surface area contributed by atoms with Crippen molar-refractivity contribution in [2.75, 3.05) is 0 Å². The van der Waals surface area contributed by atoms with E-state index in [0.717, 1.165) is 11.5 Å². The minimum absolute atomic E-state index is 0. The molecule has 58 valence electrons. The van der Waals surface area contributed by atoms with Gasteiger partial charge in [0.1, 0.15) is 11.5 Å². The predicted octanol–water partition coefficient (Wildman–Crippen LogP) is 2.21. The normalized spacial score (nSPS) is 12.6. The van der Waals surface area contributed by atoms with Gasteiger partial charge >= 0.3 is 7.12 Å². The molecule has 0 fully saturated rings. The molecule has 1 heterocycles. The van der Waals surface area contributed by atoms with E-state index in [2.05, 4.69) is 0 Å². The van der Waals surface area contributed by atoms with Gasteiger partial charge in [0, 0.05) is 0 Å². The Morgan fingerprint density at radius 1 is 1.09 bits per heavy atom. The molecule has 0 radical (unpaired) electrons. The van der Waals surface area contributed by atoms with Crippen molar-refractivity contribution in [1.29, 1.82) is 0 Å². The van der Waals surface area contributed by atoms with Gasteiger partial charge in [-0.05, 0) is 19.0 Å². The SMILES string of the molecule is C.CB1Oc2ccccc2O1. The summed E-state index contributed by atoms with van der Waals surface area (Å²) in [6.45, 7) is 1.88. The van der Waals surface area contributed by atoms with E-state index in [-0.39, 0.29) is 14.5 Å².